The van der Waals surface area contributed by atoms with Gasteiger partial charge in [0.2, 0.25) is 0 Å². The van der Waals surface area contributed by atoms with Crippen LogP contribution in [0.5, 0.6) is 0 Å². The van der Waals surface area contributed by atoms with Gasteiger partial charge in [0, 0.05) is 13.1 Å². The van der Waals surface area contributed by atoms with Gasteiger partial charge in [-0.05, 0) is 42.1 Å². The summed E-state index contributed by atoms with van der Waals surface area (Å²) in [6, 6.07) is 6.93. The summed E-state index contributed by atoms with van der Waals surface area (Å²) in [6.07, 6.45) is 2.43. The van der Waals surface area contributed by atoms with Crippen molar-refractivity contribution >= 4 is 0 Å². The molecule has 0 saturated heterocycles. The highest BCUT2D eigenvalue weighted by molar-refractivity contribution is 5.33. The zero-order valence-electron chi connectivity index (χ0n) is 11.1. The van der Waals surface area contributed by atoms with Crippen molar-refractivity contribution in [2.24, 2.45) is 5.92 Å². The van der Waals surface area contributed by atoms with Crippen LogP contribution in [0.25, 0.3) is 0 Å². The third kappa shape index (κ3) is 3.55. The lowest BCUT2D eigenvalue weighted by Gasteiger charge is -2.18. The maximum atomic E-state index is 3.54. The summed E-state index contributed by atoms with van der Waals surface area (Å²) in [4.78, 5) is 0. The minimum Gasteiger partial charge on any atom is -0.312 e. The number of fused-ring (bicyclic) bond motifs is 1. The first kappa shape index (κ1) is 12.6. The summed E-state index contributed by atoms with van der Waals surface area (Å²) < 4.78 is 0. The van der Waals surface area contributed by atoms with Crippen LogP contribution in [-0.4, -0.2) is 13.1 Å². The summed E-state index contributed by atoms with van der Waals surface area (Å²) in [5.74, 6) is 0.772. The van der Waals surface area contributed by atoms with Crippen LogP contribution in [0.3, 0.4) is 0 Å². The van der Waals surface area contributed by atoms with Crippen molar-refractivity contribution in [2.75, 3.05) is 13.1 Å². The van der Waals surface area contributed by atoms with Gasteiger partial charge in [-0.1, -0.05) is 38.5 Å². The quantitative estimate of drug-likeness (QED) is 0.815. The molecule has 2 heteroatoms. The van der Waals surface area contributed by atoms with Crippen LogP contribution in [0.15, 0.2) is 18.2 Å². The van der Waals surface area contributed by atoms with E-state index in [0.29, 0.717) is 0 Å². The van der Waals surface area contributed by atoms with E-state index in [2.05, 4.69) is 42.7 Å². The lowest BCUT2D eigenvalue weighted by Crippen LogP contribution is -2.24. The van der Waals surface area contributed by atoms with Gasteiger partial charge in [-0.2, -0.15) is 0 Å². The highest BCUT2D eigenvalue weighted by Gasteiger charge is 2.08. The number of hydrogen-bond acceptors (Lipinski definition) is 2. The highest BCUT2D eigenvalue weighted by Crippen LogP contribution is 2.15. The zero-order chi connectivity index (χ0) is 12.1. The van der Waals surface area contributed by atoms with Gasteiger partial charge in [-0.15, -0.1) is 0 Å². The van der Waals surface area contributed by atoms with Crippen molar-refractivity contribution in [3.63, 3.8) is 0 Å². The number of rotatable bonds is 5. The summed E-state index contributed by atoms with van der Waals surface area (Å²) in [5.41, 5.74) is 4.42. The molecule has 2 N–H and O–H groups in total. The Morgan fingerprint density at radius 1 is 1.35 bits per heavy atom. The summed E-state index contributed by atoms with van der Waals surface area (Å²) in [6.45, 7) is 8.82. The maximum absolute atomic E-state index is 3.54. The normalized spacial score (nSPS) is 16.6. The second kappa shape index (κ2) is 6.18. The van der Waals surface area contributed by atoms with Crippen LogP contribution in [0.2, 0.25) is 0 Å². The van der Waals surface area contributed by atoms with Crippen LogP contribution >= 0.6 is 0 Å². The van der Waals surface area contributed by atoms with Crippen molar-refractivity contribution < 1.29 is 0 Å². The minimum absolute atomic E-state index is 0.772. The fourth-order valence-corrected chi connectivity index (χ4v) is 2.25. The van der Waals surface area contributed by atoms with E-state index in [1.807, 2.05) is 0 Å². The van der Waals surface area contributed by atoms with E-state index >= 15 is 0 Å². The molecular formula is C15H24N2. The molecule has 0 radical (unpaired) electrons. The Morgan fingerprint density at radius 3 is 3.06 bits per heavy atom. The molecule has 0 bridgehead atoms. The molecule has 1 aliphatic rings. The molecule has 1 heterocycles. The summed E-state index contributed by atoms with van der Waals surface area (Å²) in [5, 5.41) is 6.97. The molecule has 0 aromatic heterocycles. The standard InChI is InChI=1S/C15H24N2/c1-3-12(2)9-17-10-13-4-5-14-6-7-16-11-15(14)8-13/h4-5,8,12,16-17H,3,6-7,9-11H2,1-2H3. The number of hydrogen-bond donors (Lipinski definition) is 2. The molecule has 1 aliphatic heterocycles. The molecule has 1 aromatic rings. The summed E-state index contributed by atoms with van der Waals surface area (Å²) >= 11 is 0. The predicted molar refractivity (Wildman–Crippen MR) is 73.0 cm³/mol. The Balaban J connectivity index is 1.89. The van der Waals surface area contributed by atoms with Crippen LogP contribution < -0.4 is 10.6 Å². The van der Waals surface area contributed by atoms with E-state index in [4.69, 9.17) is 0 Å². The molecule has 1 atom stereocenters. The first-order valence-electron chi connectivity index (χ1n) is 6.81. The Labute approximate surface area is 105 Å². The van der Waals surface area contributed by atoms with Crippen molar-refractivity contribution in [3.05, 3.63) is 34.9 Å². The van der Waals surface area contributed by atoms with Gasteiger partial charge in [0.15, 0.2) is 0 Å². The van der Waals surface area contributed by atoms with Crippen LogP contribution in [-0.2, 0) is 19.5 Å². The van der Waals surface area contributed by atoms with Crippen LogP contribution in [0, 0.1) is 5.92 Å². The van der Waals surface area contributed by atoms with Crippen molar-refractivity contribution in [2.45, 2.75) is 39.8 Å². The molecule has 0 amide bonds. The van der Waals surface area contributed by atoms with Gasteiger partial charge >= 0.3 is 0 Å². The van der Waals surface area contributed by atoms with E-state index in [1.54, 1.807) is 0 Å². The molecule has 0 saturated carbocycles. The molecular weight excluding hydrogens is 208 g/mol. The van der Waals surface area contributed by atoms with Gasteiger partial charge in [-0.25, -0.2) is 0 Å². The third-order valence-electron chi connectivity index (χ3n) is 3.68. The number of benzene rings is 1. The van der Waals surface area contributed by atoms with Crippen LogP contribution in [0.1, 0.15) is 37.0 Å². The average molecular weight is 232 g/mol. The largest absolute Gasteiger partial charge is 0.312 e. The van der Waals surface area contributed by atoms with E-state index in [0.717, 1.165) is 32.1 Å². The smallest absolute Gasteiger partial charge is 0.0208 e. The Morgan fingerprint density at radius 2 is 2.24 bits per heavy atom. The molecule has 1 aromatic carbocycles. The lowest BCUT2D eigenvalue weighted by atomic mass is 9.98. The van der Waals surface area contributed by atoms with E-state index < -0.39 is 0 Å². The summed E-state index contributed by atoms with van der Waals surface area (Å²) in [7, 11) is 0. The molecule has 2 rings (SSSR count). The van der Waals surface area contributed by atoms with E-state index in [-0.39, 0.29) is 0 Å². The minimum atomic E-state index is 0.772. The van der Waals surface area contributed by atoms with E-state index in [1.165, 1.54) is 29.5 Å². The first-order chi connectivity index (χ1) is 8.29. The first-order valence-corrected chi connectivity index (χ1v) is 6.81. The average Bonchev–Trinajstić information content (AvgIpc) is 2.38. The maximum Gasteiger partial charge on any atom is 0.0208 e. The molecule has 94 valence electrons. The van der Waals surface area contributed by atoms with Gasteiger partial charge in [0.05, 0.1) is 0 Å². The fraction of sp³-hybridized carbons (Fsp3) is 0.600. The lowest BCUT2D eigenvalue weighted by molar-refractivity contribution is 0.499. The Bertz CT molecular complexity index is 360. The Hall–Kier alpha value is -0.860. The monoisotopic (exact) mass is 232 g/mol. The van der Waals surface area contributed by atoms with Gasteiger partial charge in [0.25, 0.3) is 0 Å². The molecule has 2 nitrogen and oxygen atoms in total. The third-order valence-corrected chi connectivity index (χ3v) is 3.68. The second-order valence-electron chi connectivity index (χ2n) is 5.17. The molecule has 0 aliphatic carbocycles. The van der Waals surface area contributed by atoms with Crippen molar-refractivity contribution in [1.29, 1.82) is 0 Å². The zero-order valence-corrected chi connectivity index (χ0v) is 11.1. The van der Waals surface area contributed by atoms with Gasteiger partial charge in [-0.3, -0.25) is 0 Å². The second-order valence-corrected chi connectivity index (χ2v) is 5.17. The number of nitrogens with one attached hydrogen (secondary N) is 2. The predicted octanol–water partition coefficient (Wildman–Crippen LogP) is 2.47. The van der Waals surface area contributed by atoms with Crippen molar-refractivity contribution in [3.8, 4) is 0 Å². The van der Waals surface area contributed by atoms with E-state index in [9.17, 15) is 0 Å². The SMILES string of the molecule is CCC(C)CNCc1ccc2c(c1)CNCC2. The van der Waals surface area contributed by atoms with Crippen molar-refractivity contribution in [1.82, 2.24) is 10.6 Å². The molecule has 1 unspecified atom stereocenters. The molecule has 17 heavy (non-hydrogen) atoms. The fourth-order valence-electron chi connectivity index (χ4n) is 2.25. The highest BCUT2D eigenvalue weighted by atomic mass is 14.9. The van der Waals surface area contributed by atoms with Gasteiger partial charge < -0.3 is 10.6 Å². The molecule has 0 spiro atoms. The Kier molecular flexibility index (Phi) is 4.57. The molecule has 0 fully saturated rings. The van der Waals surface area contributed by atoms with Crippen LogP contribution in [0.4, 0.5) is 0 Å². The topological polar surface area (TPSA) is 24.1 Å². The van der Waals surface area contributed by atoms with Gasteiger partial charge in [0.1, 0.15) is 0 Å².